The smallest absolute Gasteiger partial charge is 0.233 e. The fourth-order valence-electron chi connectivity index (χ4n) is 5.24. The van der Waals surface area contributed by atoms with E-state index in [1.165, 1.54) is 12.1 Å². The van der Waals surface area contributed by atoms with Gasteiger partial charge in [0.2, 0.25) is 15.9 Å². The molecule has 0 unspecified atom stereocenters. The molecule has 1 aliphatic rings. The van der Waals surface area contributed by atoms with Crippen LogP contribution in [-0.4, -0.2) is 55.7 Å². The fourth-order valence-corrected chi connectivity index (χ4v) is 5.76. The molecule has 1 fully saturated rings. The number of unbranched alkanes of at least 4 members (excludes halogenated alkanes) is 1. The average molecular weight is 647 g/mol. The minimum atomic E-state index is -3.22. The van der Waals surface area contributed by atoms with Gasteiger partial charge in [-0.3, -0.25) is 4.79 Å². The number of carbonyl (C=O) groups excluding carboxylic acids is 1. The molecule has 3 atom stereocenters. The number of halogens is 1. The molecule has 0 radical (unpaired) electrons. The van der Waals surface area contributed by atoms with Crippen molar-refractivity contribution < 1.29 is 32.9 Å². The average Bonchev–Trinajstić information content (AvgIpc) is 3.04. The van der Waals surface area contributed by atoms with E-state index in [4.69, 9.17) is 0 Å². The molecule has 0 aliphatic carbocycles. The van der Waals surface area contributed by atoms with Gasteiger partial charge in [0.1, 0.15) is 5.82 Å². The molecule has 1 saturated heterocycles. The first-order chi connectivity index (χ1) is 22.1. The zero-order valence-electron chi connectivity index (χ0n) is 25.7. The molecule has 1 aliphatic heterocycles. The minimum absolute atomic E-state index is 0.0589. The van der Waals surface area contributed by atoms with E-state index in [1.807, 2.05) is 48.5 Å². The van der Waals surface area contributed by atoms with Crippen molar-refractivity contribution in [1.29, 1.82) is 0 Å². The van der Waals surface area contributed by atoms with E-state index in [1.54, 1.807) is 17.0 Å². The predicted molar refractivity (Wildman–Crippen MR) is 175 cm³/mol. The number of hydrogen-bond donors (Lipinski definition) is 4. The molecule has 0 saturated carbocycles. The highest BCUT2D eigenvalue weighted by Gasteiger charge is 2.48. The van der Waals surface area contributed by atoms with Gasteiger partial charge in [0.15, 0.2) is 0 Å². The lowest BCUT2D eigenvalue weighted by Crippen LogP contribution is -2.55. The van der Waals surface area contributed by atoms with Crippen LogP contribution in [0.5, 0.6) is 0 Å². The molecule has 0 bridgehead atoms. The topological polar surface area (TPSA) is 127 Å². The summed E-state index contributed by atoms with van der Waals surface area (Å²) < 4.78 is 38.1. The van der Waals surface area contributed by atoms with Crippen LogP contribution in [0.25, 0.3) is 0 Å². The Bertz CT molecular complexity index is 1680. The van der Waals surface area contributed by atoms with Crippen LogP contribution in [0.15, 0.2) is 72.8 Å². The molecule has 1 amide bonds. The zero-order valence-corrected chi connectivity index (χ0v) is 26.5. The molecule has 0 aromatic heterocycles. The number of sulfonamides is 1. The van der Waals surface area contributed by atoms with E-state index in [2.05, 4.69) is 28.4 Å². The van der Waals surface area contributed by atoms with Gasteiger partial charge >= 0.3 is 0 Å². The maximum absolute atomic E-state index is 13.6. The molecule has 4 N–H and O–H groups in total. The van der Waals surface area contributed by atoms with E-state index in [0.29, 0.717) is 44.2 Å². The van der Waals surface area contributed by atoms with Crippen molar-refractivity contribution in [2.75, 3.05) is 30.9 Å². The van der Waals surface area contributed by atoms with Gasteiger partial charge in [0.25, 0.3) is 0 Å². The fraction of sp³-hybridized carbons (Fsp3) is 0.361. The highest BCUT2D eigenvalue weighted by atomic mass is 32.2. The van der Waals surface area contributed by atoms with Gasteiger partial charge in [-0.15, -0.1) is 0 Å². The summed E-state index contributed by atoms with van der Waals surface area (Å²) in [5.41, 5.74) is 3.78. The molecular weight excluding hydrogens is 607 g/mol. The molecule has 242 valence electrons. The number of benzene rings is 3. The summed E-state index contributed by atoms with van der Waals surface area (Å²) in [6.45, 7) is 0.0609. The van der Waals surface area contributed by atoms with E-state index < -0.39 is 16.1 Å². The van der Waals surface area contributed by atoms with Crippen LogP contribution < -0.4 is 9.62 Å². The summed E-state index contributed by atoms with van der Waals surface area (Å²) in [7, 11) is -3.22. The van der Waals surface area contributed by atoms with Crippen LogP contribution in [0.1, 0.15) is 66.5 Å². The lowest BCUT2D eigenvalue weighted by atomic mass is 9.78. The molecule has 46 heavy (non-hydrogen) atoms. The number of carbonyl (C=O) groups is 1. The summed E-state index contributed by atoms with van der Waals surface area (Å²) in [6, 6.07) is 20.5. The minimum Gasteiger partial charge on any atom is -0.396 e. The van der Waals surface area contributed by atoms with Gasteiger partial charge in [-0.05, 0) is 78.9 Å². The number of nitrogens with zero attached hydrogens (tertiary/aromatic N) is 1. The van der Waals surface area contributed by atoms with Gasteiger partial charge < -0.3 is 20.2 Å². The van der Waals surface area contributed by atoms with Crippen LogP contribution in [0.2, 0.25) is 0 Å². The number of aliphatic hydroxyl groups is 3. The van der Waals surface area contributed by atoms with Crippen molar-refractivity contribution in [3.63, 3.8) is 0 Å². The van der Waals surface area contributed by atoms with Crippen LogP contribution in [0, 0.1) is 41.3 Å². The Balaban J connectivity index is 1.48. The monoisotopic (exact) mass is 646 g/mol. The Morgan fingerprint density at radius 1 is 0.913 bits per heavy atom. The maximum Gasteiger partial charge on any atom is 0.233 e. The van der Waals surface area contributed by atoms with E-state index in [-0.39, 0.29) is 42.8 Å². The second kappa shape index (κ2) is 16.5. The van der Waals surface area contributed by atoms with Crippen LogP contribution in [-0.2, 0) is 14.8 Å². The number of hydrogen-bond acceptors (Lipinski definition) is 6. The summed E-state index contributed by atoms with van der Waals surface area (Å²) in [5.74, 6) is 11.1. The molecule has 1 heterocycles. The van der Waals surface area contributed by atoms with Gasteiger partial charge in [-0.2, -0.15) is 0 Å². The molecule has 3 aromatic carbocycles. The third-order valence-corrected chi connectivity index (χ3v) is 8.56. The number of anilines is 1. The van der Waals surface area contributed by atoms with Gasteiger partial charge in [-0.25, -0.2) is 17.5 Å². The Morgan fingerprint density at radius 2 is 1.52 bits per heavy atom. The highest BCUT2D eigenvalue weighted by molar-refractivity contribution is 7.88. The first-order valence-corrected chi connectivity index (χ1v) is 17.1. The first-order valence-electron chi connectivity index (χ1n) is 15.2. The number of aliphatic hydroxyl groups excluding tert-OH is 3. The summed E-state index contributed by atoms with van der Waals surface area (Å²) in [6.07, 6.45) is 2.55. The van der Waals surface area contributed by atoms with Gasteiger partial charge in [0.05, 0.1) is 24.3 Å². The first kappa shape index (κ1) is 34.8. The number of β-lactam (4-membered cyclic amide) rings is 1. The Hall–Kier alpha value is -4.03. The van der Waals surface area contributed by atoms with Crippen LogP contribution >= 0.6 is 0 Å². The molecule has 3 aromatic rings. The zero-order chi connectivity index (χ0) is 33.1. The van der Waals surface area contributed by atoms with Crippen LogP contribution in [0.3, 0.4) is 0 Å². The van der Waals surface area contributed by atoms with E-state index in [0.717, 1.165) is 28.6 Å². The standard InChI is InChI=1S/C36H39FN2O6S/c1-46(44,45)38-23-4-2-3-6-26-11-19-32(20-12-26)39-35(30-13-9-27(10-14-30)7-5-8-28(24-40)25-41)33(36(39)43)21-22-34(42)29-15-17-31(37)18-16-29/h9-20,28,33-35,38,40-42H,2,4,8,21-25H2,1H3/t33-,34+,35-/m1/s1. The van der Waals surface area contributed by atoms with Gasteiger partial charge in [0, 0.05) is 55.3 Å². The van der Waals surface area contributed by atoms with E-state index in [9.17, 15) is 32.9 Å². The summed E-state index contributed by atoms with van der Waals surface area (Å²) in [4.78, 5) is 15.3. The van der Waals surface area contributed by atoms with Gasteiger partial charge in [-0.1, -0.05) is 47.9 Å². The summed E-state index contributed by atoms with van der Waals surface area (Å²) in [5, 5.41) is 29.3. The third kappa shape index (κ3) is 9.73. The van der Waals surface area contributed by atoms with Crippen molar-refractivity contribution in [3.05, 3.63) is 101 Å². The SMILES string of the molecule is CS(=O)(=O)NCCCC#Cc1ccc(N2C(=O)[C@H](CC[C@H](O)c3ccc(F)cc3)[C@H]2c2ccc(C#CCC(CO)CO)cc2)cc1. The Labute approximate surface area is 270 Å². The molecule has 10 heteroatoms. The number of amides is 1. The van der Waals surface area contributed by atoms with E-state index >= 15 is 0 Å². The lowest BCUT2D eigenvalue weighted by Gasteiger charge is -2.48. The van der Waals surface area contributed by atoms with Crippen molar-refractivity contribution in [2.45, 2.75) is 44.2 Å². The molecular formula is C36H39FN2O6S. The quantitative estimate of drug-likeness (QED) is 0.126. The maximum atomic E-state index is 13.6. The predicted octanol–water partition coefficient (Wildman–Crippen LogP) is 4.07. The Kier molecular flexibility index (Phi) is 12.5. The molecule has 0 spiro atoms. The number of nitrogens with one attached hydrogen (secondary N) is 1. The third-order valence-electron chi connectivity index (χ3n) is 7.83. The number of rotatable bonds is 13. The van der Waals surface area contributed by atoms with Crippen molar-refractivity contribution in [1.82, 2.24) is 4.72 Å². The second-order valence-electron chi connectivity index (χ2n) is 11.4. The van der Waals surface area contributed by atoms with Crippen molar-refractivity contribution in [3.8, 4) is 23.7 Å². The normalized spacial score (nSPS) is 16.7. The lowest BCUT2D eigenvalue weighted by molar-refractivity contribution is -0.131. The molecule has 8 nitrogen and oxygen atoms in total. The second-order valence-corrected chi connectivity index (χ2v) is 13.2. The van der Waals surface area contributed by atoms with Crippen molar-refractivity contribution >= 4 is 21.6 Å². The van der Waals surface area contributed by atoms with Crippen molar-refractivity contribution in [2.24, 2.45) is 11.8 Å². The highest BCUT2D eigenvalue weighted by Crippen LogP contribution is 2.46. The summed E-state index contributed by atoms with van der Waals surface area (Å²) >= 11 is 0. The Morgan fingerprint density at radius 3 is 2.13 bits per heavy atom. The largest absolute Gasteiger partial charge is 0.396 e. The van der Waals surface area contributed by atoms with Crippen LogP contribution in [0.4, 0.5) is 10.1 Å². The molecule has 4 rings (SSSR count).